The van der Waals surface area contributed by atoms with Crippen LogP contribution in [-0.2, 0) is 16.6 Å². The lowest BCUT2D eigenvalue weighted by molar-refractivity contribution is 0.0951. The van der Waals surface area contributed by atoms with E-state index in [1.54, 1.807) is 24.3 Å². The minimum absolute atomic E-state index is 0.201. The summed E-state index contributed by atoms with van der Waals surface area (Å²) >= 11 is 0. The molecule has 0 radical (unpaired) electrons. The molecule has 0 aliphatic carbocycles. The molecule has 2 aromatic carbocycles. The molecule has 0 bridgehead atoms. The molecule has 0 aliphatic rings. The number of benzene rings is 2. The number of amides is 1. The summed E-state index contributed by atoms with van der Waals surface area (Å²) in [6, 6.07) is 14.2. The van der Waals surface area contributed by atoms with Crippen molar-refractivity contribution in [3.8, 4) is 0 Å². The second-order valence-corrected chi connectivity index (χ2v) is 6.87. The van der Waals surface area contributed by atoms with E-state index >= 15 is 0 Å². The van der Waals surface area contributed by atoms with Gasteiger partial charge in [-0.3, -0.25) is 9.52 Å². The standard InChI is InChI=1S/C16H18N2O3S/c1-12-4-3-5-13(10-12)11-17-16(19)14-6-8-15(9-7-14)18-22(2,20)21/h3-10,18H,11H2,1-2H3,(H,17,19). The lowest BCUT2D eigenvalue weighted by Gasteiger charge is -2.07. The van der Waals surface area contributed by atoms with Gasteiger partial charge in [-0.15, -0.1) is 0 Å². The fourth-order valence-corrected chi connectivity index (χ4v) is 2.57. The van der Waals surface area contributed by atoms with Crippen LogP contribution in [0.1, 0.15) is 21.5 Å². The summed E-state index contributed by atoms with van der Waals surface area (Å²) in [5, 5.41) is 2.83. The summed E-state index contributed by atoms with van der Waals surface area (Å²) in [5.41, 5.74) is 3.08. The molecule has 2 rings (SSSR count). The Kier molecular flexibility index (Phi) is 4.82. The van der Waals surface area contributed by atoms with Crippen molar-refractivity contribution in [2.45, 2.75) is 13.5 Å². The van der Waals surface area contributed by atoms with E-state index in [1.807, 2.05) is 31.2 Å². The predicted molar refractivity (Wildman–Crippen MR) is 87.3 cm³/mol. The average molecular weight is 318 g/mol. The number of aryl methyl sites for hydroxylation is 1. The molecule has 0 aromatic heterocycles. The van der Waals surface area contributed by atoms with Crippen LogP contribution >= 0.6 is 0 Å². The van der Waals surface area contributed by atoms with E-state index in [-0.39, 0.29) is 5.91 Å². The molecule has 0 saturated heterocycles. The van der Waals surface area contributed by atoms with Crippen molar-refractivity contribution in [2.24, 2.45) is 0 Å². The Labute approximate surface area is 130 Å². The van der Waals surface area contributed by atoms with Gasteiger partial charge in [0, 0.05) is 17.8 Å². The number of hydrogen-bond donors (Lipinski definition) is 2. The minimum Gasteiger partial charge on any atom is -0.348 e. The monoisotopic (exact) mass is 318 g/mol. The largest absolute Gasteiger partial charge is 0.348 e. The summed E-state index contributed by atoms with van der Waals surface area (Å²) in [4.78, 5) is 12.0. The van der Waals surface area contributed by atoms with Gasteiger partial charge in [-0.1, -0.05) is 29.8 Å². The van der Waals surface area contributed by atoms with Crippen LogP contribution in [-0.4, -0.2) is 20.6 Å². The van der Waals surface area contributed by atoms with Crippen molar-refractivity contribution < 1.29 is 13.2 Å². The number of sulfonamides is 1. The van der Waals surface area contributed by atoms with Gasteiger partial charge in [-0.05, 0) is 36.8 Å². The molecule has 0 spiro atoms. The van der Waals surface area contributed by atoms with E-state index in [0.717, 1.165) is 17.4 Å². The van der Waals surface area contributed by atoms with Gasteiger partial charge in [0.15, 0.2) is 0 Å². The first-order valence-corrected chi connectivity index (χ1v) is 8.64. The third-order valence-corrected chi connectivity index (χ3v) is 3.59. The van der Waals surface area contributed by atoms with Crippen molar-refractivity contribution in [3.63, 3.8) is 0 Å². The Morgan fingerprint density at radius 1 is 1.09 bits per heavy atom. The molecule has 0 atom stereocenters. The molecule has 116 valence electrons. The van der Waals surface area contributed by atoms with Gasteiger partial charge < -0.3 is 5.32 Å². The zero-order chi connectivity index (χ0) is 16.2. The fraction of sp³-hybridized carbons (Fsp3) is 0.188. The second-order valence-electron chi connectivity index (χ2n) is 5.12. The van der Waals surface area contributed by atoms with E-state index in [1.165, 1.54) is 0 Å². The molecule has 5 nitrogen and oxygen atoms in total. The van der Waals surface area contributed by atoms with Crippen LogP contribution in [0, 0.1) is 6.92 Å². The first-order valence-electron chi connectivity index (χ1n) is 6.75. The highest BCUT2D eigenvalue weighted by atomic mass is 32.2. The van der Waals surface area contributed by atoms with Crippen LogP contribution in [0.25, 0.3) is 0 Å². The first kappa shape index (κ1) is 16.0. The molecule has 0 saturated carbocycles. The summed E-state index contributed by atoms with van der Waals surface area (Å²) in [6.07, 6.45) is 1.08. The molecule has 0 heterocycles. The third kappa shape index (κ3) is 4.89. The van der Waals surface area contributed by atoms with Gasteiger partial charge in [0.1, 0.15) is 0 Å². The molecular formula is C16H18N2O3S. The van der Waals surface area contributed by atoms with Gasteiger partial charge in [0.2, 0.25) is 10.0 Å². The van der Waals surface area contributed by atoms with Crippen LogP contribution in [0.2, 0.25) is 0 Å². The van der Waals surface area contributed by atoms with Crippen molar-refractivity contribution in [1.29, 1.82) is 0 Å². The Hall–Kier alpha value is -2.34. The topological polar surface area (TPSA) is 75.3 Å². The summed E-state index contributed by atoms with van der Waals surface area (Å²) in [5.74, 6) is -0.201. The maximum absolute atomic E-state index is 12.0. The first-order chi connectivity index (χ1) is 10.3. The molecule has 22 heavy (non-hydrogen) atoms. The van der Waals surface area contributed by atoms with Gasteiger partial charge in [0.05, 0.1) is 6.26 Å². The number of carbonyl (C=O) groups is 1. The zero-order valence-corrected chi connectivity index (χ0v) is 13.3. The number of hydrogen-bond acceptors (Lipinski definition) is 3. The van der Waals surface area contributed by atoms with E-state index in [9.17, 15) is 13.2 Å². The average Bonchev–Trinajstić information content (AvgIpc) is 2.44. The Morgan fingerprint density at radius 3 is 2.36 bits per heavy atom. The van der Waals surface area contributed by atoms with Crippen LogP contribution in [0.3, 0.4) is 0 Å². The highest BCUT2D eigenvalue weighted by Crippen LogP contribution is 2.11. The highest BCUT2D eigenvalue weighted by Gasteiger charge is 2.07. The van der Waals surface area contributed by atoms with Crippen molar-refractivity contribution >= 4 is 21.6 Å². The second kappa shape index (κ2) is 6.62. The van der Waals surface area contributed by atoms with E-state index in [0.29, 0.717) is 17.8 Å². The van der Waals surface area contributed by atoms with Crippen molar-refractivity contribution in [3.05, 3.63) is 65.2 Å². The summed E-state index contributed by atoms with van der Waals surface area (Å²) in [6.45, 7) is 2.45. The van der Waals surface area contributed by atoms with Crippen molar-refractivity contribution in [1.82, 2.24) is 5.32 Å². The highest BCUT2D eigenvalue weighted by molar-refractivity contribution is 7.92. The molecule has 0 aliphatic heterocycles. The van der Waals surface area contributed by atoms with Crippen LogP contribution < -0.4 is 10.0 Å². The van der Waals surface area contributed by atoms with Crippen molar-refractivity contribution in [2.75, 3.05) is 11.0 Å². The maximum atomic E-state index is 12.0. The lowest BCUT2D eigenvalue weighted by Crippen LogP contribution is -2.22. The van der Waals surface area contributed by atoms with Crippen LogP contribution in [0.5, 0.6) is 0 Å². The molecule has 2 aromatic rings. The number of anilines is 1. The molecule has 2 N–H and O–H groups in total. The summed E-state index contributed by atoms with van der Waals surface area (Å²) in [7, 11) is -3.31. The molecular weight excluding hydrogens is 300 g/mol. The summed E-state index contributed by atoms with van der Waals surface area (Å²) < 4.78 is 24.6. The lowest BCUT2D eigenvalue weighted by atomic mass is 10.1. The number of nitrogens with one attached hydrogen (secondary N) is 2. The molecule has 1 amide bonds. The Balaban J connectivity index is 1.98. The van der Waals surface area contributed by atoms with Gasteiger partial charge in [0.25, 0.3) is 5.91 Å². The minimum atomic E-state index is -3.31. The molecule has 0 fully saturated rings. The van der Waals surface area contributed by atoms with Crippen LogP contribution in [0.4, 0.5) is 5.69 Å². The fourth-order valence-electron chi connectivity index (χ4n) is 2.01. The third-order valence-electron chi connectivity index (χ3n) is 2.99. The molecule has 0 unspecified atom stereocenters. The van der Waals surface area contributed by atoms with E-state index in [2.05, 4.69) is 10.0 Å². The van der Waals surface area contributed by atoms with Crippen LogP contribution in [0.15, 0.2) is 48.5 Å². The maximum Gasteiger partial charge on any atom is 0.251 e. The van der Waals surface area contributed by atoms with Gasteiger partial charge >= 0.3 is 0 Å². The quantitative estimate of drug-likeness (QED) is 0.888. The van der Waals surface area contributed by atoms with E-state index in [4.69, 9.17) is 0 Å². The number of rotatable bonds is 5. The predicted octanol–water partition coefficient (Wildman–Crippen LogP) is 2.30. The normalized spacial score (nSPS) is 11.0. The Morgan fingerprint density at radius 2 is 1.77 bits per heavy atom. The van der Waals surface area contributed by atoms with E-state index < -0.39 is 10.0 Å². The zero-order valence-electron chi connectivity index (χ0n) is 12.5. The SMILES string of the molecule is Cc1cccc(CNC(=O)c2ccc(NS(C)(=O)=O)cc2)c1. The van der Waals surface area contributed by atoms with Gasteiger partial charge in [-0.25, -0.2) is 8.42 Å². The smallest absolute Gasteiger partial charge is 0.251 e. The van der Waals surface area contributed by atoms with Gasteiger partial charge in [-0.2, -0.15) is 0 Å². The molecule has 6 heteroatoms. The number of carbonyl (C=O) groups excluding carboxylic acids is 1. The Bertz CT molecular complexity index is 768.